The second-order valence-corrected chi connectivity index (χ2v) is 4.77. The van der Waals surface area contributed by atoms with Gasteiger partial charge in [-0.25, -0.2) is 4.79 Å². The smallest absolute Gasteiger partial charge is 0.328 e. The highest BCUT2D eigenvalue weighted by Crippen LogP contribution is 2.18. The summed E-state index contributed by atoms with van der Waals surface area (Å²) < 4.78 is 0. The minimum Gasteiger partial charge on any atom is -0.478 e. The molecular weight excluding hydrogens is 238 g/mol. The zero-order valence-electron chi connectivity index (χ0n) is 9.77. The van der Waals surface area contributed by atoms with Crippen LogP contribution in [-0.4, -0.2) is 23.0 Å². The molecule has 1 atom stereocenters. The molecule has 92 valence electrons. The Morgan fingerprint density at radius 2 is 2.24 bits per heavy atom. The third-order valence-electron chi connectivity index (χ3n) is 2.23. The van der Waals surface area contributed by atoms with Gasteiger partial charge in [0.1, 0.15) is 0 Å². The van der Waals surface area contributed by atoms with Gasteiger partial charge in [0.25, 0.3) is 5.91 Å². The molecule has 4 nitrogen and oxygen atoms in total. The normalized spacial score (nSPS) is 12.6. The summed E-state index contributed by atoms with van der Waals surface area (Å²) in [6.07, 6.45) is 3.41. The maximum atomic E-state index is 11.7. The Morgan fingerprint density at radius 1 is 1.53 bits per heavy atom. The predicted octanol–water partition coefficient (Wildman–Crippen LogP) is 2.37. The van der Waals surface area contributed by atoms with Crippen LogP contribution in [0.15, 0.2) is 18.2 Å². The summed E-state index contributed by atoms with van der Waals surface area (Å²) in [6.45, 7) is 3.94. The van der Waals surface area contributed by atoms with Gasteiger partial charge < -0.3 is 10.4 Å². The Hall–Kier alpha value is -1.62. The second-order valence-electron chi connectivity index (χ2n) is 3.66. The molecule has 5 heteroatoms. The Balaban J connectivity index is 2.67. The highest BCUT2D eigenvalue weighted by molar-refractivity contribution is 7.14. The molecule has 2 N–H and O–H groups in total. The van der Waals surface area contributed by atoms with Crippen LogP contribution in [0.4, 0.5) is 0 Å². The molecule has 1 amide bonds. The molecule has 1 unspecified atom stereocenters. The van der Waals surface area contributed by atoms with Crippen LogP contribution in [-0.2, 0) is 4.79 Å². The van der Waals surface area contributed by atoms with E-state index >= 15 is 0 Å². The van der Waals surface area contributed by atoms with E-state index in [1.165, 1.54) is 17.4 Å². The van der Waals surface area contributed by atoms with E-state index in [9.17, 15) is 9.59 Å². The van der Waals surface area contributed by atoms with Crippen molar-refractivity contribution >= 4 is 29.3 Å². The number of carbonyl (C=O) groups is 2. The standard InChI is InChI=1S/C12H15NO3S/c1-3-8(2)13-12(16)10-6-4-9(17-10)5-7-11(14)15/h4-8H,3H2,1-2H3,(H,13,16)(H,14,15). The molecular formula is C12H15NO3S. The van der Waals surface area contributed by atoms with E-state index in [4.69, 9.17) is 5.11 Å². The lowest BCUT2D eigenvalue weighted by atomic mass is 10.2. The maximum absolute atomic E-state index is 11.7. The van der Waals surface area contributed by atoms with E-state index in [1.54, 1.807) is 12.1 Å². The summed E-state index contributed by atoms with van der Waals surface area (Å²) in [7, 11) is 0. The number of nitrogens with one attached hydrogen (secondary N) is 1. The molecule has 0 aliphatic heterocycles. The molecule has 0 aliphatic carbocycles. The molecule has 0 spiro atoms. The summed E-state index contributed by atoms with van der Waals surface area (Å²) in [5, 5.41) is 11.3. The highest BCUT2D eigenvalue weighted by atomic mass is 32.1. The average molecular weight is 253 g/mol. The van der Waals surface area contributed by atoms with Gasteiger partial charge in [-0.15, -0.1) is 11.3 Å². The summed E-state index contributed by atoms with van der Waals surface area (Å²) in [5.41, 5.74) is 0. The van der Waals surface area contributed by atoms with Crippen LogP contribution in [0.3, 0.4) is 0 Å². The van der Waals surface area contributed by atoms with Crippen molar-refractivity contribution in [2.24, 2.45) is 0 Å². The Bertz CT molecular complexity index is 437. The summed E-state index contributed by atoms with van der Waals surface area (Å²) in [4.78, 5) is 23.4. The zero-order chi connectivity index (χ0) is 12.8. The number of carboxylic acids is 1. The Kier molecular flexibility index (Phi) is 4.90. The molecule has 0 fully saturated rings. The van der Waals surface area contributed by atoms with Gasteiger partial charge in [0.2, 0.25) is 0 Å². The molecule has 0 aromatic carbocycles. The molecule has 17 heavy (non-hydrogen) atoms. The summed E-state index contributed by atoms with van der Waals surface area (Å²) in [5.74, 6) is -1.11. The SMILES string of the molecule is CCC(C)NC(=O)c1ccc(C=CC(=O)O)s1. The molecule has 1 aromatic heterocycles. The van der Waals surface area contributed by atoms with Crippen molar-refractivity contribution < 1.29 is 14.7 Å². The van der Waals surface area contributed by atoms with Crippen LogP contribution < -0.4 is 5.32 Å². The number of aliphatic carboxylic acids is 1. The van der Waals surface area contributed by atoms with Gasteiger partial charge in [-0.05, 0) is 31.6 Å². The molecule has 1 aromatic rings. The first kappa shape index (κ1) is 13.4. The topological polar surface area (TPSA) is 66.4 Å². The van der Waals surface area contributed by atoms with Crippen molar-refractivity contribution in [1.82, 2.24) is 5.32 Å². The monoisotopic (exact) mass is 253 g/mol. The van der Waals surface area contributed by atoms with E-state index < -0.39 is 5.97 Å². The van der Waals surface area contributed by atoms with E-state index in [1.807, 2.05) is 13.8 Å². The first-order valence-electron chi connectivity index (χ1n) is 5.34. The summed E-state index contributed by atoms with van der Waals surface area (Å²) >= 11 is 1.27. The van der Waals surface area contributed by atoms with Crippen molar-refractivity contribution in [2.75, 3.05) is 0 Å². The fourth-order valence-corrected chi connectivity index (χ4v) is 1.93. The number of hydrogen-bond donors (Lipinski definition) is 2. The molecule has 0 aliphatic rings. The number of carbonyl (C=O) groups excluding carboxylic acids is 1. The first-order valence-corrected chi connectivity index (χ1v) is 6.16. The second kappa shape index (κ2) is 6.20. The molecule has 1 rings (SSSR count). The van der Waals surface area contributed by atoms with Gasteiger partial charge in [-0.3, -0.25) is 4.79 Å². The first-order chi connectivity index (χ1) is 8.02. The van der Waals surface area contributed by atoms with Gasteiger partial charge in [-0.2, -0.15) is 0 Å². The van der Waals surface area contributed by atoms with Crippen molar-refractivity contribution in [1.29, 1.82) is 0 Å². The van der Waals surface area contributed by atoms with Crippen LogP contribution in [0.5, 0.6) is 0 Å². The zero-order valence-corrected chi connectivity index (χ0v) is 10.6. The summed E-state index contributed by atoms with van der Waals surface area (Å²) in [6, 6.07) is 3.57. The Morgan fingerprint density at radius 3 is 2.82 bits per heavy atom. The number of amides is 1. The maximum Gasteiger partial charge on any atom is 0.328 e. The van der Waals surface area contributed by atoms with Crippen LogP contribution in [0.2, 0.25) is 0 Å². The number of hydrogen-bond acceptors (Lipinski definition) is 3. The lowest BCUT2D eigenvalue weighted by Crippen LogP contribution is -2.31. The fraction of sp³-hybridized carbons (Fsp3) is 0.333. The van der Waals surface area contributed by atoms with Gasteiger partial charge >= 0.3 is 5.97 Å². The molecule has 0 saturated carbocycles. The van der Waals surface area contributed by atoms with Crippen molar-refractivity contribution in [3.8, 4) is 0 Å². The van der Waals surface area contributed by atoms with Crippen LogP contribution in [0.25, 0.3) is 6.08 Å². The van der Waals surface area contributed by atoms with E-state index in [-0.39, 0.29) is 11.9 Å². The third kappa shape index (κ3) is 4.40. The minimum absolute atomic E-state index is 0.112. The highest BCUT2D eigenvalue weighted by Gasteiger charge is 2.10. The van der Waals surface area contributed by atoms with Crippen molar-refractivity contribution in [3.05, 3.63) is 28.0 Å². The average Bonchev–Trinajstić information content (AvgIpc) is 2.74. The Labute approximate surface area is 104 Å². The van der Waals surface area contributed by atoms with Gasteiger partial charge in [0.05, 0.1) is 4.88 Å². The van der Waals surface area contributed by atoms with Gasteiger partial charge in [-0.1, -0.05) is 6.92 Å². The third-order valence-corrected chi connectivity index (χ3v) is 3.28. The molecule has 0 saturated heterocycles. The van der Waals surface area contributed by atoms with Crippen LogP contribution in [0, 0.1) is 0 Å². The van der Waals surface area contributed by atoms with Crippen LogP contribution >= 0.6 is 11.3 Å². The van der Waals surface area contributed by atoms with E-state index in [0.717, 1.165) is 17.4 Å². The molecule has 0 bridgehead atoms. The predicted molar refractivity (Wildman–Crippen MR) is 68.2 cm³/mol. The van der Waals surface area contributed by atoms with Gasteiger partial charge in [0.15, 0.2) is 0 Å². The lowest BCUT2D eigenvalue weighted by Gasteiger charge is -2.09. The van der Waals surface area contributed by atoms with E-state index in [0.29, 0.717) is 4.88 Å². The number of carboxylic acid groups (broad SMARTS) is 1. The number of rotatable bonds is 5. The fourth-order valence-electron chi connectivity index (χ4n) is 1.11. The quantitative estimate of drug-likeness (QED) is 0.792. The molecule has 1 heterocycles. The number of thiophene rings is 1. The lowest BCUT2D eigenvalue weighted by molar-refractivity contribution is -0.131. The van der Waals surface area contributed by atoms with E-state index in [2.05, 4.69) is 5.32 Å². The largest absolute Gasteiger partial charge is 0.478 e. The van der Waals surface area contributed by atoms with Crippen molar-refractivity contribution in [2.45, 2.75) is 26.3 Å². The van der Waals surface area contributed by atoms with Crippen molar-refractivity contribution in [3.63, 3.8) is 0 Å². The minimum atomic E-state index is -0.996. The van der Waals surface area contributed by atoms with Gasteiger partial charge in [0, 0.05) is 17.0 Å². The van der Waals surface area contributed by atoms with Crippen LogP contribution in [0.1, 0.15) is 34.8 Å². The molecule has 0 radical (unpaired) electrons.